The highest BCUT2D eigenvalue weighted by Gasteiger charge is 2.01. The first-order valence-corrected chi connectivity index (χ1v) is 3.65. The second-order valence-corrected chi connectivity index (χ2v) is 2.91. The molecule has 0 fully saturated rings. The van der Waals surface area contributed by atoms with Crippen LogP contribution in [-0.4, -0.2) is 18.0 Å². The fourth-order valence-corrected chi connectivity index (χ4v) is 1.03. The monoisotopic (exact) mass is 137 g/mol. The molecule has 1 radical (unpaired) electrons. The lowest BCUT2D eigenvalue weighted by Crippen LogP contribution is -2.22. The summed E-state index contributed by atoms with van der Waals surface area (Å²) in [6, 6.07) is 0. The van der Waals surface area contributed by atoms with Gasteiger partial charge in [0, 0.05) is 13.1 Å². The summed E-state index contributed by atoms with van der Waals surface area (Å²) in [5, 5.41) is 0. The quantitative estimate of drug-likeness (QED) is 0.563. The molecule has 0 aromatic carbocycles. The molecule has 0 N–H and O–H groups in total. The van der Waals surface area contributed by atoms with E-state index >= 15 is 0 Å². The normalized spacial score (nSPS) is 16.9. The van der Waals surface area contributed by atoms with Crippen LogP contribution >= 0.6 is 0 Å². The smallest absolute Gasteiger partial charge is 0.373 e. The predicted octanol–water partition coefficient (Wildman–Crippen LogP) is 2.10. The zero-order valence-electron chi connectivity index (χ0n) is 7.67. The van der Waals surface area contributed by atoms with Crippen LogP contribution in [0.4, 0.5) is 0 Å². The maximum absolute atomic E-state index is 2.29. The van der Waals surface area contributed by atoms with Gasteiger partial charge in [-0.2, -0.15) is 0 Å². The molecular weight excluding hydrogens is 122 g/mol. The molecule has 0 atom stereocenters. The second kappa shape index (κ2) is 3.45. The van der Waals surface area contributed by atoms with E-state index < -0.39 is 0 Å². The first kappa shape index (κ1) is 7.39. The fraction of sp³-hybridized carbons (Fsp3) is 0.444. The van der Waals surface area contributed by atoms with Crippen molar-refractivity contribution in [3.05, 3.63) is 30.3 Å². The molecule has 1 heterocycles. The summed E-state index contributed by atoms with van der Waals surface area (Å²) in [5.41, 5.74) is 0. The summed E-state index contributed by atoms with van der Waals surface area (Å²) in [6.45, 7) is 6.46. The van der Waals surface area contributed by atoms with E-state index in [0.29, 0.717) is 0 Å². The predicted molar refractivity (Wildman–Crippen MR) is 45.6 cm³/mol. The molecule has 0 spiro atoms. The molecule has 0 amide bonds. The van der Waals surface area contributed by atoms with Crippen LogP contribution in [0, 0.1) is 5.92 Å². The lowest BCUT2D eigenvalue weighted by atomic mass is 10.2. The minimum atomic E-state index is 0. The Balaban J connectivity index is 0.000001000. The van der Waals surface area contributed by atoms with Gasteiger partial charge in [-0.3, -0.25) is 0 Å². The first-order valence-electron chi connectivity index (χ1n) is 3.65. The van der Waals surface area contributed by atoms with Gasteiger partial charge in [0.05, 0.1) is 0 Å². The van der Waals surface area contributed by atoms with E-state index in [1.165, 1.54) is 5.92 Å². The third-order valence-electron chi connectivity index (χ3n) is 1.40. The largest absolute Gasteiger partial charge is 1.00 e. The van der Waals surface area contributed by atoms with E-state index in [0.717, 1.165) is 13.1 Å². The van der Waals surface area contributed by atoms with Gasteiger partial charge in [0.25, 0.3) is 0 Å². The molecular formula is C9H15N+. The highest BCUT2D eigenvalue weighted by atomic mass is 15.1. The average Bonchev–Trinajstić information content (AvgIpc) is 1.88. The van der Waals surface area contributed by atoms with E-state index in [1.54, 1.807) is 0 Å². The van der Waals surface area contributed by atoms with E-state index in [2.05, 4.69) is 43.2 Å². The SMILES string of the molecule is C[C](C)CN1C=CC=CC1.[H+]. The summed E-state index contributed by atoms with van der Waals surface area (Å²) in [5.74, 6) is 1.46. The molecule has 0 aromatic rings. The van der Waals surface area contributed by atoms with Crippen molar-refractivity contribution in [2.75, 3.05) is 13.1 Å². The Morgan fingerprint density at radius 3 is 2.80 bits per heavy atom. The molecule has 0 unspecified atom stereocenters. The lowest BCUT2D eigenvalue weighted by Gasteiger charge is -2.21. The maximum Gasteiger partial charge on any atom is 1.00 e. The molecule has 1 aliphatic heterocycles. The summed E-state index contributed by atoms with van der Waals surface area (Å²) in [4.78, 5) is 2.29. The molecule has 0 aromatic heterocycles. The van der Waals surface area contributed by atoms with E-state index in [9.17, 15) is 0 Å². The van der Waals surface area contributed by atoms with Crippen molar-refractivity contribution < 1.29 is 1.43 Å². The van der Waals surface area contributed by atoms with Crippen LogP contribution in [0.25, 0.3) is 0 Å². The summed E-state index contributed by atoms with van der Waals surface area (Å²) in [6.07, 6.45) is 8.46. The van der Waals surface area contributed by atoms with E-state index in [1.807, 2.05) is 0 Å². The molecule has 0 bridgehead atoms. The van der Waals surface area contributed by atoms with Crippen LogP contribution in [0.3, 0.4) is 0 Å². The molecule has 0 saturated heterocycles. The molecule has 10 heavy (non-hydrogen) atoms. The third kappa shape index (κ3) is 2.26. The maximum atomic E-state index is 2.29. The van der Waals surface area contributed by atoms with Gasteiger partial charge in [0.2, 0.25) is 0 Å². The Morgan fingerprint density at radius 1 is 1.50 bits per heavy atom. The number of rotatable bonds is 2. The average molecular weight is 137 g/mol. The minimum Gasteiger partial charge on any atom is -0.373 e. The van der Waals surface area contributed by atoms with E-state index in [-0.39, 0.29) is 1.43 Å². The first-order chi connectivity index (χ1) is 4.79. The molecule has 55 valence electrons. The van der Waals surface area contributed by atoms with Crippen LogP contribution in [-0.2, 0) is 0 Å². The topological polar surface area (TPSA) is 3.24 Å². The molecule has 0 saturated carbocycles. The second-order valence-electron chi connectivity index (χ2n) is 2.91. The van der Waals surface area contributed by atoms with Gasteiger partial charge in [-0.1, -0.05) is 26.0 Å². The number of hydrogen-bond acceptors (Lipinski definition) is 1. The Labute approximate surface area is 64.5 Å². The molecule has 1 nitrogen and oxygen atoms in total. The molecule has 1 heteroatoms. The molecule has 1 aliphatic rings. The third-order valence-corrected chi connectivity index (χ3v) is 1.40. The van der Waals surface area contributed by atoms with Crippen LogP contribution in [0.5, 0.6) is 0 Å². The van der Waals surface area contributed by atoms with Crippen LogP contribution in [0.15, 0.2) is 24.4 Å². The van der Waals surface area contributed by atoms with E-state index in [4.69, 9.17) is 0 Å². The standard InChI is InChI=1S/C9H14N/c1-9(2)8-10-6-4-3-5-7-10/h3-6H,7-8H2,1-2H3/p+1. The van der Waals surface area contributed by atoms with Gasteiger partial charge in [0.1, 0.15) is 0 Å². The Kier molecular flexibility index (Phi) is 2.55. The Bertz CT molecular complexity index is 150. The number of allylic oxidation sites excluding steroid dienone is 2. The van der Waals surface area contributed by atoms with Gasteiger partial charge in [-0.05, 0) is 18.2 Å². The van der Waals surface area contributed by atoms with Gasteiger partial charge in [-0.15, -0.1) is 0 Å². The van der Waals surface area contributed by atoms with Crippen molar-refractivity contribution in [3.63, 3.8) is 0 Å². The Hall–Kier alpha value is -0.720. The minimum absolute atomic E-state index is 0. The molecule has 0 aliphatic carbocycles. The number of hydrogen-bond donors (Lipinski definition) is 0. The molecule has 1 rings (SSSR count). The zero-order chi connectivity index (χ0) is 7.40. The highest BCUT2D eigenvalue weighted by molar-refractivity contribution is 5.09. The number of nitrogens with zero attached hydrogens (tertiary/aromatic N) is 1. The van der Waals surface area contributed by atoms with Crippen molar-refractivity contribution in [2.24, 2.45) is 0 Å². The van der Waals surface area contributed by atoms with Crippen molar-refractivity contribution in [3.8, 4) is 0 Å². The summed E-state index contributed by atoms with van der Waals surface area (Å²) >= 11 is 0. The van der Waals surface area contributed by atoms with Crippen molar-refractivity contribution >= 4 is 0 Å². The van der Waals surface area contributed by atoms with Crippen LogP contribution < -0.4 is 0 Å². The van der Waals surface area contributed by atoms with Crippen molar-refractivity contribution in [1.82, 2.24) is 4.90 Å². The Morgan fingerprint density at radius 2 is 2.30 bits per heavy atom. The van der Waals surface area contributed by atoms with Crippen molar-refractivity contribution in [1.29, 1.82) is 0 Å². The van der Waals surface area contributed by atoms with Crippen LogP contribution in [0.2, 0.25) is 0 Å². The highest BCUT2D eigenvalue weighted by Crippen LogP contribution is 2.04. The van der Waals surface area contributed by atoms with Gasteiger partial charge in [-0.25, -0.2) is 0 Å². The van der Waals surface area contributed by atoms with Crippen molar-refractivity contribution in [2.45, 2.75) is 13.8 Å². The van der Waals surface area contributed by atoms with Crippen LogP contribution in [0.1, 0.15) is 15.3 Å². The lowest BCUT2D eigenvalue weighted by molar-refractivity contribution is 0.426. The fourth-order valence-electron chi connectivity index (χ4n) is 1.03. The van der Waals surface area contributed by atoms with Gasteiger partial charge in [0.15, 0.2) is 0 Å². The zero-order valence-corrected chi connectivity index (χ0v) is 6.67. The van der Waals surface area contributed by atoms with Gasteiger partial charge < -0.3 is 4.90 Å². The van der Waals surface area contributed by atoms with Gasteiger partial charge >= 0.3 is 1.43 Å². The summed E-state index contributed by atoms with van der Waals surface area (Å²) in [7, 11) is 0. The summed E-state index contributed by atoms with van der Waals surface area (Å²) < 4.78 is 0.